The zero-order valence-corrected chi connectivity index (χ0v) is 9.96. The van der Waals surface area contributed by atoms with E-state index < -0.39 is 5.60 Å². The third kappa shape index (κ3) is 1.95. The first-order valence-corrected chi connectivity index (χ1v) is 6.11. The normalized spacial score (nSPS) is 28.7. The fraction of sp³-hybridized carbons (Fsp3) is 0.667. The summed E-state index contributed by atoms with van der Waals surface area (Å²) < 4.78 is 1.77. The van der Waals surface area contributed by atoms with Gasteiger partial charge in [0.25, 0.3) is 5.56 Å². The van der Waals surface area contributed by atoms with E-state index in [9.17, 15) is 9.90 Å². The van der Waals surface area contributed by atoms with E-state index in [2.05, 4.69) is 4.98 Å². The Balaban J connectivity index is 1.93. The van der Waals surface area contributed by atoms with Gasteiger partial charge in [0.15, 0.2) is 5.82 Å². The Morgan fingerprint density at radius 3 is 2.88 bits per heavy atom. The van der Waals surface area contributed by atoms with Crippen LogP contribution in [0.2, 0.25) is 0 Å². The van der Waals surface area contributed by atoms with Crippen LogP contribution in [0.3, 0.4) is 0 Å². The molecule has 5 nitrogen and oxygen atoms in total. The Morgan fingerprint density at radius 2 is 2.29 bits per heavy atom. The second-order valence-corrected chi connectivity index (χ2v) is 5.36. The van der Waals surface area contributed by atoms with Crippen LogP contribution in [-0.4, -0.2) is 33.3 Å². The summed E-state index contributed by atoms with van der Waals surface area (Å²) in [5, 5.41) is 9.93. The third-order valence-electron chi connectivity index (χ3n) is 3.54. The summed E-state index contributed by atoms with van der Waals surface area (Å²) in [5.41, 5.74) is -0.721. The van der Waals surface area contributed by atoms with Crippen molar-refractivity contribution >= 4 is 5.82 Å². The molecule has 3 rings (SSSR count). The molecule has 1 aromatic heterocycles. The van der Waals surface area contributed by atoms with Crippen LogP contribution >= 0.6 is 0 Å². The van der Waals surface area contributed by atoms with E-state index in [1.807, 2.05) is 4.90 Å². The predicted molar refractivity (Wildman–Crippen MR) is 64.2 cm³/mol. The topological polar surface area (TPSA) is 58.4 Å². The standard InChI is InChI=1S/C12H17N3O2/c1-12(17)4-6-14(8-12)10-11(16)15(7-5-13-10)9-2-3-9/h5,7,9,17H,2-4,6,8H2,1H3. The number of aliphatic hydroxyl groups is 1. The van der Waals surface area contributed by atoms with Gasteiger partial charge in [0.1, 0.15) is 0 Å². The van der Waals surface area contributed by atoms with Crippen molar-refractivity contribution in [1.29, 1.82) is 0 Å². The molecule has 0 bridgehead atoms. The molecule has 1 saturated heterocycles. The van der Waals surface area contributed by atoms with E-state index in [1.165, 1.54) is 0 Å². The number of nitrogens with zero attached hydrogens (tertiary/aromatic N) is 3. The maximum Gasteiger partial charge on any atom is 0.293 e. The summed E-state index contributed by atoms with van der Waals surface area (Å²) in [6.45, 7) is 2.99. The minimum absolute atomic E-state index is 0.0206. The van der Waals surface area contributed by atoms with Crippen molar-refractivity contribution in [2.24, 2.45) is 0 Å². The quantitative estimate of drug-likeness (QED) is 0.812. The highest BCUT2D eigenvalue weighted by molar-refractivity contribution is 5.38. The molecule has 92 valence electrons. The number of anilines is 1. The van der Waals surface area contributed by atoms with E-state index in [4.69, 9.17) is 0 Å². The van der Waals surface area contributed by atoms with Gasteiger partial charge in [-0.05, 0) is 26.2 Å². The van der Waals surface area contributed by atoms with Crippen LogP contribution in [0.15, 0.2) is 17.2 Å². The molecule has 1 saturated carbocycles. The molecule has 0 amide bonds. The lowest BCUT2D eigenvalue weighted by Crippen LogP contribution is -2.35. The van der Waals surface area contributed by atoms with Crippen LogP contribution in [0.1, 0.15) is 32.2 Å². The molecule has 2 fully saturated rings. The smallest absolute Gasteiger partial charge is 0.293 e. The summed E-state index contributed by atoms with van der Waals surface area (Å²) in [6.07, 6.45) is 6.30. The van der Waals surface area contributed by atoms with E-state index in [0.717, 1.165) is 12.8 Å². The maximum absolute atomic E-state index is 12.2. The van der Waals surface area contributed by atoms with E-state index in [-0.39, 0.29) is 5.56 Å². The molecule has 1 atom stereocenters. The second kappa shape index (κ2) is 3.57. The lowest BCUT2D eigenvalue weighted by molar-refractivity contribution is 0.0839. The van der Waals surface area contributed by atoms with Crippen molar-refractivity contribution in [3.8, 4) is 0 Å². The number of hydrogen-bond donors (Lipinski definition) is 1. The molecule has 2 heterocycles. The molecule has 5 heteroatoms. The molecule has 1 aliphatic heterocycles. The second-order valence-electron chi connectivity index (χ2n) is 5.36. The van der Waals surface area contributed by atoms with Crippen molar-refractivity contribution in [1.82, 2.24) is 9.55 Å². The maximum atomic E-state index is 12.2. The molecule has 0 aromatic carbocycles. The molecule has 1 aliphatic carbocycles. The molecule has 17 heavy (non-hydrogen) atoms. The minimum Gasteiger partial charge on any atom is -0.388 e. The molecular weight excluding hydrogens is 218 g/mol. The van der Waals surface area contributed by atoms with Crippen molar-refractivity contribution in [3.63, 3.8) is 0 Å². The number of aromatic nitrogens is 2. The molecule has 0 radical (unpaired) electrons. The lowest BCUT2D eigenvalue weighted by atomic mass is 10.1. The molecule has 1 unspecified atom stereocenters. The Hall–Kier alpha value is -1.36. The zero-order valence-electron chi connectivity index (χ0n) is 9.96. The highest BCUT2D eigenvalue weighted by Crippen LogP contribution is 2.33. The van der Waals surface area contributed by atoms with Gasteiger partial charge >= 0.3 is 0 Å². The van der Waals surface area contributed by atoms with Gasteiger partial charge in [0.2, 0.25) is 0 Å². The van der Waals surface area contributed by atoms with E-state index >= 15 is 0 Å². The monoisotopic (exact) mass is 235 g/mol. The molecule has 0 spiro atoms. The minimum atomic E-state index is -0.700. The Morgan fingerprint density at radius 1 is 1.53 bits per heavy atom. The molecular formula is C12H17N3O2. The van der Waals surface area contributed by atoms with Gasteiger partial charge < -0.3 is 14.6 Å². The highest BCUT2D eigenvalue weighted by atomic mass is 16.3. The van der Waals surface area contributed by atoms with Crippen LogP contribution in [0.25, 0.3) is 0 Å². The van der Waals surface area contributed by atoms with Gasteiger partial charge in [0.05, 0.1) is 5.60 Å². The number of rotatable bonds is 2. The largest absolute Gasteiger partial charge is 0.388 e. The zero-order chi connectivity index (χ0) is 12.0. The van der Waals surface area contributed by atoms with Gasteiger partial charge in [-0.25, -0.2) is 4.98 Å². The fourth-order valence-electron chi connectivity index (χ4n) is 2.40. The summed E-state index contributed by atoms with van der Waals surface area (Å²) in [4.78, 5) is 18.3. The SMILES string of the molecule is CC1(O)CCN(c2nccn(C3CC3)c2=O)C1. The van der Waals surface area contributed by atoms with Crippen molar-refractivity contribution in [2.75, 3.05) is 18.0 Å². The summed E-state index contributed by atoms with van der Waals surface area (Å²) >= 11 is 0. The first kappa shape index (κ1) is 10.8. The average molecular weight is 235 g/mol. The Labute approximate surface area is 99.7 Å². The first-order valence-electron chi connectivity index (χ1n) is 6.11. The number of β-amino-alcohol motifs (C(OH)–C–C–N with tert-alkyl or cyclic N) is 1. The molecule has 1 N–H and O–H groups in total. The van der Waals surface area contributed by atoms with E-state index in [0.29, 0.717) is 31.4 Å². The summed E-state index contributed by atoms with van der Waals surface area (Å²) in [7, 11) is 0. The van der Waals surface area contributed by atoms with Crippen LogP contribution in [0.5, 0.6) is 0 Å². The molecule has 1 aromatic rings. The van der Waals surface area contributed by atoms with Crippen LogP contribution in [-0.2, 0) is 0 Å². The Bertz CT molecular complexity index is 491. The van der Waals surface area contributed by atoms with E-state index in [1.54, 1.807) is 23.9 Å². The fourth-order valence-corrected chi connectivity index (χ4v) is 2.40. The van der Waals surface area contributed by atoms with Gasteiger partial charge in [-0.3, -0.25) is 4.79 Å². The van der Waals surface area contributed by atoms with Gasteiger partial charge in [-0.1, -0.05) is 0 Å². The van der Waals surface area contributed by atoms with Crippen molar-refractivity contribution in [2.45, 2.75) is 37.8 Å². The van der Waals surface area contributed by atoms with Gasteiger partial charge in [-0.2, -0.15) is 0 Å². The third-order valence-corrected chi connectivity index (χ3v) is 3.54. The lowest BCUT2D eigenvalue weighted by Gasteiger charge is -2.19. The van der Waals surface area contributed by atoms with Gasteiger partial charge in [-0.15, -0.1) is 0 Å². The van der Waals surface area contributed by atoms with Crippen LogP contribution in [0, 0.1) is 0 Å². The van der Waals surface area contributed by atoms with Crippen molar-refractivity contribution < 1.29 is 5.11 Å². The Kier molecular flexibility index (Phi) is 2.26. The summed E-state index contributed by atoms with van der Waals surface area (Å²) in [6, 6.07) is 0.368. The average Bonchev–Trinajstić information content (AvgIpc) is 3.04. The first-order chi connectivity index (χ1) is 8.07. The molecule has 2 aliphatic rings. The summed E-state index contributed by atoms with van der Waals surface area (Å²) in [5.74, 6) is 0.483. The van der Waals surface area contributed by atoms with Gasteiger partial charge in [0, 0.05) is 31.5 Å². The predicted octanol–water partition coefficient (Wildman–Crippen LogP) is 0.539. The highest BCUT2D eigenvalue weighted by Gasteiger charge is 2.34. The number of hydrogen-bond acceptors (Lipinski definition) is 4. The van der Waals surface area contributed by atoms with Crippen LogP contribution in [0.4, 0.5) is 5.82 Å². The van der Waals surface area contributed by atoms with Crippen molar-refractivity contribution in [3.05, 3.63) is 22.7 Å². The van der Waals surface area contributed by atoms with Crippen LogP contribution < -0.4 is 10.5 Å².